The molecule has 0 saturated heterocycles. The Hall–Kier alpha value is -1.56. The van der Waals surface area contributed by atoms with Gasteiger partial charge in [0.25, 0.3) is 5.92 Å². The molecule has 2 atom stereocenters. The molecule has 0 aromatic heterocycles. The first kappa shape index (κ1) is 24.4. The van der Waals surface area contributed by atoms with Gasteiger partial charge in [-0.3, -0.25) is 9.59 Å². The van der Waals surface area contributed by atoms with Crippen LogP contribution in [-0.4, -0.2) is 34.0 Å². The molecule has 150 valence electrons. The van der Waals surface area contributed by atoms with Crippen LogP contribution in [0.25, 0.3) is 0 Å². The molecule has 4 nitrogen and oxygen atoms in total. The largest absolute Gasteiger partial charge is 0.481 e. The van der Waals surface area contributed by atoms with E-state index in [2.05, 4.69) is 0 Å². The van der Waals surface area contributed by atoms with Crippen molar-refractivity contribution in [3.8, 4) is 0 Å². The van der Waals surface area contributed by atoms with Crippen molar-refractivity contribution in [2.24, 2.45) is 5.92 Å². The third-order valence-electron chi connectivity index (χ3n) is 4.18. The number of rotatable bonds is 10. The zero-order chi connectivity index (χ0) is 20.0. The van der Waals surface area contributed by atoms with Gasteiger partial charge in [-0.05, 0) is 45.1 Å². The van der Waals surface area contributed by atoms with Crippen molar-refractivity contribution in [2.45, 2.75) is 83.7 Å². The van der Waals surface area contributed by atoms with Crippen molar-refractivity contribution in [2.75, 3.05) is 0 Å². The highest BCUT2D eigenvalue weighted by Crippen LogP contribution is 2.28. The second-order valence-electron chi connectivity index (χ2n) is 6.51. The predicted molar refractivity (Wildman–Crippen MR) is 98.3 cm³/mol. The van der Waals surface area contributed by atoms with Gasteiger partial charge < -0.3 is 10.2 Å². The zero-order valence-corrected chi connectivity index (χ0v) is 15.8. The minimum Gasteiger partial charge on any atom is -0.481 e. The molecule has 26 heavy (non-hydrogen) atoms. The van der Waals surface area contributed by atoms with E-state index in [1.165, 1.54) is 6.08 Å². The number of halogens is 2. The Morgan fingerprint density at radius 2 is 2.08 bits per heavy atom. The topological polar surface area (TPSA) is 74.6 Å². The highest BCUT2D eigenvalue weighted by atomic mass is 19.3. The van der Waals surface area contributed by atoms with Gasteiger partial charge in [0.15, 0.2) is 0 Å². The summed E-state index contributed by atoms with van der Waals surface area (Å²) in [7, 11) is 0. The number of aliphatic carboxylic acids is 1. The summed E-state index contributed by atoms with van der Waals surface area (Å²) >= 11 is 0. The van der Waals surface area contributed by atoms with E-state index in [0.29, 0.717) is 25.3 Å². The minimum atomic E-state index is -3.22. The number of carboxylic acids is 1. The van der Waals surface area contributed by atoms with E-state index in [0.717, 1.165) is 25.7 Å². The molecular weight excluding hydrogens is 342 g/mol. The van der Waals surface area contributed by atoms with E-state index in [-0.39, 0.29) is 24.5 Å². The van der Waals surface area contributed by atoms with Crippen LogP contribution in [-0.2, 0) is 9.59 Å². The lowest BCUT2D eigenvalue weighted by Gasteiger charge is -2.19. The monoisotopic (exact) mass is 374 g/mol. The maximum atomic E-state index is 13.5. The fourth-order valence-electron chi connectivity index (χ4n) is 2.53. The Morgan fingerprint density at radius 1 is 1.38 bits per heavy atom. The normalized spacial score (nSPS) is 19.0. The van der Waals surface area contributed by atoms with Crippen LogP contribution in [0.15, 0.2) is 24.3 Å². The Morgan fingerprint density at radius 3 is 2.58 bits per heavy atom. The standard InChI is InChI=1S/C13H20F2O2.C7H12O2/c1-2-3-7-12(17)13(14,15)9-8-10-5-4-6-11(10)16;1-2-3-4-5-6-7(8)9/h8-10,12,17H,2-7H2,1H3;2-3H,4-6H2,1H3,(H,8,9)/b9-8+;3-2-. The molecule has 1 aliphatic rings. The summed E-state index contributed by atoms with van der Waals surface area (Å²) < 4.78 is 26.9. The van der Waals surface area contributed by atoms with Crippen molar-refractivity contribution < 1.29 is 28.6 Å². The molecule has 0 bridgehead atoms. The summed E-state index contributed by atoms with van der Waals surface area (Å²) in [5.41, 5.74) is 0. The van der Waals surface area contributed by atoms with Crippen LogP contribution in [0, 0.1) is 5.92 Å². The van der Waals surface area contributed by atoms with Crippen LogP contribution in [0.2, 0.25) is 0 Å². The molecule has 0 spiro atoms. The van der Waals surface area contributed by atoms with E-state index < -0.39 is 18.0 Å². The minimum absolute atomic E-state index is 0.0279. The highest BCUT2D eigenvalue weighted by molar-refractivity contribution is 5.84. The smallest absolute Gasteiger partial charge is 0.303 e. The Balaban J connectivity index is 0.000000590. The van der Waals surface area contributed by atoms with Crippen LogP contribution < -0.4 is 0 Å². The highest BCUT2D eigenvalue weighted by Gasteiger charge is 2.35. The van der Waals surface area contributed by atoms with Gasteiger partial charge in [0.1, 0.15) is 11.9 Å². The van der Waals surface area contributed by atoms with E-state index >= 15 is 0 Å². The maximum Gasteiger partial charge on any atom is 0.303 e. The average Bonchev–Trinajstić information content (AvgIpc) is 3.00. The average molecular weight is 374 g/mol. The molecule has 0 heterocycles. The van der Waals surface area contributed by atoms with Crippen molar-refractivity contribution >= 4 is 11.8 Å². The molecule has 1 rings (SSSR count). The molecule has 0 aliphatic heterocycles. The zero-order valence-electron chi connectivity index (χ0n) is 15.8. The van der Waals surface area contributed by atoms with Crippen molar-refractivity contribution in [3.63, 3.8) is 0 Å². The van der Waals surface area contributed by atoms with Gasteiger partial charge in [0.2, 0.25) is 0 Å². The number of carbonyl (C=O) groups is 2. The number of unbranched alkanes of at least 4 members (excludes halogenated alkanes) is 2. The molecule has 2 N–H and O–H groups in total. The first-order valence-electron chi connectivity index (χ1n) is 9.35. The van der Waals surface area contributed by atoms with E-state index in [1.807, 2.05) is 26.0 Å². The number of carbonyl (C=O) groups excluding carboxylic acids is 1. The molecule has 1 saturated carbocycles. The van der Waals surface area contributed by atoms with Crippen molar-refractivity contribution in [1.29, 1.82) is 0 Å². The molecule has 2 unspecified atom stereocenters. The quantitative estimate of drug-likeness (QED) is 0.421. The summed E-state index contributed by atoms with van der Waals surface area (Å²) in [6.45, 7) is 3.82. The van der Waals surface area contributed by atoms with E-state index in [9.17, 15) is 23.5 Å². The number of carboxylic acid groups (broad SMARTS) is 1. The van der Waals surface area contributed by atoms with E-state index in [1.54, 1.807) is 0 Å². The first-order valence-corrected chi connectivity index (χ1v) is 9.35. The Kier molecular flexibility index (Phi) is 12.8. The number of hydrogen-bond acceptors (Lipinski definition) is 3. The summed E-state index contributed by atoms with van der Waals surface area (Å²) in [5, 5.41) is 17.6. The SMILES string of the molecule is C/C=C\CCCC(=O)O.CCCCC(O)C(F)(F)/C=C/C1CCCC1=O. The van der Waals surface area contributed by atoms with Crippen LogP contribution in [0.4, 0.5) is 8.78 Å². The van der Waals surface area contributed by atoms with Gasteiger partial charge in [-0.1, -0.05) is 38.0 Å². The van der Waals surface area contributed by atoms with Gasteiger partial charge >= 0.3 is 5.97 Å². The van der Waals surface area contributed by atoms with Crippen LogP contribution in [0.1, 0.15) is 71.6 Å². The molecule has 0 aromatic carbocycles. The van der Waals surface area contributed by atoms with Crippen molar-refractivity contribution in [3.05, 3.63) is 24.3 Å². The number of hydrogen-bond donors (Lipinski definition) is 2. The molecule has 1 aliphatic carbocycles. The van der Waals surface area contributed by atoms with E-state index in [4.69, 9.17) is 5.11 Å². The maximum absolute atomic E-state index is 13.5. The molecular formula is C20H32F2O4. The fraction of sp³-hybridized carbons (Fsp3) is 0.700. The summed E-state index contributed by atoms with van der Waals surface area (Å²) in [6.07, 6.45) is 9.50. The molecule has 6 heteroatoms. The van der Waals surface area contributed by atoms with Gasteiger partial charge in [-0.2, -0.15) is 8.78 Å². The molecule has 0 radical (unpaired) electrons. The summed E-state index contributed by atoms with van der Waals surface area (Å²) in [5.74, 6) is -4.28. The third-order valence-corrected chi connectivity index (χ3v) is 4.18. The summed E-state index contributed by atoms with van der Waals surface area (Å²) in [4.78, 5) is 21.2. The van der Waals surface area contributed by atoms with Gasteiger partial charge in [0, 0.05) is 18.8 Å². The molecule has 0 aromatic rings. The first-order chi connectivity index (χ1) is 12.2. The van der Waals surface area contributed by atoms with Crippen molar-refractivity contribution in [1.82, 2.24) is 0 Å². The lowest BCUT2D eigenvalue weighted by molar-refractivity contribution is -0.137. The van der Waals surface area contributed by atoms with Crippen LogP contribution >= 0.6 is 0 Å². The Labute approximate surface area is 155 Å². The number of ketones is 1. The number of aliphatic hydroxyl groups excluding tert-OH is 1. The second-order valence-corrected chi connectivity index (χ2v) is 6.51. The van der Waals surface area contributed by atoms with Gasteiger partial charge in [-0.25, -0.2) is 0 Å². The second kappa shape index (κ2) is 13.6. The lowest BCUT2D eigenvalue weighted by Crippen LogP contribution is -2.31. The van der Waals surface area contributed by atoms with Gasteiger partial charge in [-0.15, -0.1) is 0 Å². The number of aliphatic hydroxyl groups is 1. The molecule has 1 fully saturated rings. The third kappa shape index (κ3) is 11.1. The molecule has 0 amide bonds. The fourth-order valence-corrected chi connectivity index (χ4v) is 2.53. The number of allylic oxidation sites excluding steroid dienone is 3. The lowest BCUT2D eigenvalue weighted by atomic mass is 10.0. The van der Waals surface area contributed by atoms with Crippen LogP contribution in [0.5, 0.6) is 0 Å². The number of Topliss-reactive ketones (excluding diaryl/α,β-unsaturated/α-hetero) is 1. The Bertz CT molecular complexity index is 472. The predicted octanol–water partition coefficient (Wildman–Crippen LogP) is 4.92. The van der Waals surface area contributed by atoms with Gasteiger partial charge in [0.05, 0.1) is 0 Å². The number of alkyl halides is 2. The van der Waals surface area contributed by atoms with Crippen LogP contribution in [0.3, 0.4) is 0 Å². The summed E-state index contributed by atoms with van der Waals surface area (Å²) in [6, 6.07) is 0.